The van der Waals surface area contributed by atoms with E-state index < -0.39 is 0 Å². The van der Waals surface area contributed by atoms with Gasteiger partial charge in [0.25, 0.3) is 0 Å². The zero-order chi connectivity index (χ0) is 15.2. The van der Waals surface area contributed by atoms with Gasteiger partial charge < -0.3 is 15.4 Å². The highest BCUT2D eigenvalue weighted by Crippen LogP contribution is 2.21. The second kappa shape index (κ2) is 7.54. The summed E-state index contributed by atoms with van der Waals surface area (Å²) in [4.78, 5) is 16.8. The molecule has 1 aliphatic heterocycles. The van der Waals surface area contributed by atoms with Gasteiger partial charge in [0.2, 0.25) is 0 Å². The van der Waals surface area contributed by atoms with E-state index in [1.165, 1.54) is 7.11 Å². The Morgan fingerprint density at radius 2 is 2.10 bits per heavy atom. The molecule has 1 aromatic carbocycles. The predicted octanol–water partition coefficient (Wildman–Crippen LogP) is 0.518. The third kappa shape index (κ3) is 4.03. The van der Waals surface area contributed by atoms with E-state index >= 15 is 0 Å². The molecule has 2 atom stereocenters. The van der Waals surface area contributed by atoms with Gasteiger partial charge >= 0.3 is 5.97 Å². The Morgan fingerprint density at radius 3 is 2.71 bits per heavy atom. The molecule has 5 heteroatoms. The van der Waals surface area contributed by atoms with E-state index in [9.17, 15) is 4.79 Å². The topological polar surface area (TPSA) is 58.8 Å². The molecule has 2 N–H and O–H groups in total. The van der Waals surface area contributed by atoms with Gasteiger partial charge in [0.15, 0.2) is 0 Å². The minimum atomic E-state index is -0.256. The van der Waals surface area contributed by atoms with Gasteiger partial charge in [-0.05, 0) is 12.6 Å². The van der Waals surface area contributed by atoms with Crippen LogP contribution in [-0.4, -0.2) is 68.7 Å². The zero-order valence-electron chi connectivity index (χ0n) is 12.9. The normalized spacial score (nSPS) is 22.0. The van der Waals surface area contributed by atoms with E-state index in [-0.39, 0.29) is 11.9 Å². The fraction of sp³-hybridized carbons (Fsp3) is 0.562. The highest BCUT2D eigenvalue weighted by atomic mass is 16.5. The molecule has 1 aliphatic rings. The van der Waals surface area contributed by atoms with Crippen LogP contribution in [0.15, 0.2) is 30.3 Å². The summed E-state index contributed by atoms with van der Waals surface area (Å²) in [5.41, 5.74) is 6.89. The third-order valence-electron chi connectivity index (χ3n) is 4.18. The zero-order valence-corrected chi connectivity index (χ0v) is 12.9. The van der Waals surface area contributed by atoms with Gasteiger partial charge in [-0.15, -0.1) is 0 Å². The van der Waals surface area contributed by atoms with Crippen molar-refractivity contribution in [2.45, 2.75) is 12.0 Å². The number of ether oxygens (including phenoxy) is 1. The van der Waals surface area contributed by atoms with Gasteiger partial charge in [0, 0.05) is 38.8 Å². The Kier molecular flexibility index (Phi) is 5.73. The van der Waals surface area contributed by atoms with Crippen LogP contribution in [0.5, 0.6) is 0 Å². The van der Waals surface area contributed by atoms with Crippen molar-refractivity contribution in [3.63, 3.8) is 0 Å². The lowest BCUT2D eigenvalue weighted by molar-refractivity contribution is -0.143. The fourth-order valence-electron chi connectivity index (χ4n) is 2.89. The first-order valence-corrected chi connectivity index (χ1v) is 7.41. The molecule has 2 unspecified atom stereocenters. The van der Waals surface area contributed by atoms with E-state index in [1.54, 1.807) is 0 Å². The lowest BCUT2D eigenvalue weighted by Gasteiger charge is -2.40. The number of nitrogens with two attached hydrogens (primary N) is 1. The van der Waals surface area contributed by atoms with Crippen LogP contribution >= 0.6 is 0 Å². The molecule has 1 saturated heterocycles. The summed E-state index contributed by atoms with van der Waals surface area (Å²) in [5.74, 6) is -0.440. The molecule has 0 aromatic heterocycles. The number of methoxy groups -OCH3 is 1. The molecule has 5 nitrogen and oxygen atoms in total. The molecule has 0 radical (unpaired) electrons. The number of benzene rings is 1. The van der Waals surface area contributed by atoms with Crippen LogP contribution in [0.1, 0.15) is 11.5 Å². The molecule has 0 amide bonds. The first kappa shape index (κ1) is 15.9. The molecule has 0 spiro atoms. The van der Waals surface area contributed by atoms with Gasteiger partial charge in [-0.25, -0.2) is 0 Å². The maximum Gasteiger partial charge on any atom is 0.314 e. The van der Waals surface area contributed by atoms with Crippen molar-refractivity contribution < 1.29 is 9.53 Å². The van der Waals surface area contributed by atoms with Crippen molar-refractivity contribution >= 4 is 5.97 Å². The number of rotatable bonds is 5. The third-order valence-corrected chi connectivity index (χ3v) is 4.18. The summed E-state index contributed by atoms with van der Waals surface area (Å²) in [7, 11) is 3.55. The first-order chi connectivity index (χ1) is 10.2. The molecular formula is C16H25N3O2. The van der Waals surface area contributed by atoms with E-state index in [0.29, 0.717) is 19.1 Å². The van der Waals surface area contributed by atoms with E-state index in [1.807, 2.05) is 30.3 Å². The molecule has 1 aromatic rings. The number of piperazine rings is 1. The van der Waals surface area contributed by atoms with E-state index in [0.717, 1.165) is 25.2 Å². The van der Waals surface area contributed by atoms with Crippen LogP contribution in [0.4, 0.5) is 0 Å². The van der Waals surface area contributed by atoms with Crippen molar-refractivity contribution in [3.8, 4) is 0 Å². The van der Waals surface area contributed by atoms with Crippen LogP contribution in [0.2, 0.25) is 0 Å². The van der Waals surface area contributed by atoms with Crippen molar-refractivity contribution in [1.82, 2.24) is 9.80 Å². The minimum Gasteiger partial charge on any atom is -0.469 e. The van der Waals surface area contributed by atoms with Gasteiger partial charge in [0.1, 0.15) is 0 Å². The van der Waals surface area contributed by atoms with Gasteiger partial charge in [-0.1, -0.05) is 30.3 Å². The Labute approximate surface area is 126 Å². The molecular weight excluding hydrogens is 266 g/mol. The maximum atomic E-state index is 12.2. The smallest absolute Gasteiger partial charge is 0.314 e. The minimum absolute atomic E-state index is 0.184. The maximum absolute atomic E-state index is 12.2. The second-order valence-electron chi connectivity index (χ2n) is 5.63. The van der Waals surface area contributed by atoms with Crippen molar-refractivity contribution in [2.75, 3.05) is 46.9 Å². The Balaban J connectivity index is 2.13. The molecule has 0 saturated carbocycles. The van der Waals surface area contributed by atoms with E-state index in [4.69, 9.17) is 10.5 Å². The van der Waals surface area contributed by atoms with Gasteiger partial charge in [0.05, 0.1) is 13.0 Å². The molecule has 1 fully saturated rings. The number of esters is 1. The first-order valence-electron chi connectivity index (χ1n) is 7.41. The highest BCUT2D eigenvalue weighted by Gasteiger charge is 2.30. The number of likely N-dealkylation sites (N-methyl/N-ethyl adjacent to an activating group) is 1. The summed E-state index contributed by atoms with van der Waals surface area (Å²) in [6.45, 7) is 4.14. The molecule has 0 bridgehead atoms. The summed E-state index contributed by atoms with van der Waals surface area (Å²) < 4.78 is 4.99. The van der Waals surface area contributed by atoms with Crippen LogP contribution in [0.25, 0.3) is 0 Å². The summed E-state index contributed by atoms with van der Waals surface area (Å²) >= 11 is 0. The Hall–Kier alpha value is -1.43. The summed E-state index contributed by atoms with van der Waals surface area (Å²) in [5, 5.41) is 0. The molecule has 116 valence electrons. The highest BCUT2D eigenvalue weighted by molar-refractivity contribution is 5.78. The number of hydrogen-bond acceptors (Lipinski definition) is 5. The predicted molar refractivity (Wildman–Crippen MR) is 83.1 cm³/mol. The van der Waals surface area contributed by atoms with Crippen LogP contribution in [-0.2, 0) is 9.53 Å². The number of carbonyl (C=O) groups is 1. The number of carbonyl (C=O) groups excluding carboxylic acids is 1. The summed E-state index contributed by atoms with van der Waals surface area (Å²) in [6.07, 6.45) is 0. The second-order valence-corrected chi connectivity index (χ2v) is 5.63. The molecule has 1 heterocycles. The molecule has 2 rings (SSSR count). The molecule has 0 aliphatic carbocycles. The number of hydrogen-bond donors (Lipinski definition) is 1. The monoisotopic (exact) mass is 291 g/mol. The Morgan fingerprint density at radius 1 is 1.38 bits per heavy atom. The van der Waals surface area contributed by atoms with Crippen LogP contribution in [0, 0.1) is 0 Å². The fourth-order valence-corrected chi connectivity index (χ4v) is 2.89. The quantitative estimate of drug-likeness (QED) is 0.802. The van der Waals surface area contributed by atoms with Crippen molar-refractivity contribution in [3.05, 3.63) is 35.9 Å². The lowest BCUT2D eigenvalue weighted by Crippen LogP contribution is -2.56. The average molecular weight is 291 g/mol. The van der Waals surface area contributed by atoms with Crippen LogP contribution in [0.3, 0.4) is 0 Å². The van der Waals surface area contributed by atoms with E-state index in [2.05, 4.69) is 16.8 Å². The average Bonchev–Trinajstić information content (AvgIpc) is 2.53. The lowest BCUT2D eigenvalue weighted by atomic mass is 9.97. The number of nitrogens with zero attached hydrogens (tertiary/aromatic N) is 2. The Bertz CT molecular complexity index is 452. The van der Waals surface area contributed by atoms with Crippen molar-refractivity contribution in [1.29, 1.82) is 0 Å². The molecule has 21 heavy (non-hydrogen) atoms. The van der Waals surface area contributed by atoms with Gasteiger partial charge in [-0.3, -0.25) is 9.69 Å². The van der Waals surface area contributed by atoms with Crippen molar-refractivity contribution in [2.24, 2.45) is 5.73 Å². The largest absolute Gasteiger partial charge is 0.469 e. The van der Waals surface area contributed by atoms with Crippen LogP contribution < -0.4 is 5.73 Å². The standard InChI is InChI=1S/C16H25N3O2/c1-18-8-9-19(14(10-17)11-18)12-15(16(20)21-2)13-6-4-3-5-7-13/h3-7,14-15H,8-12,17H2,1-2H3. The SMILES string of the molecule is COC(=O)C(CN1CCN(C)CC1CN)c1ccccc1. The summed E-state index contributed by atoms with van der Waals surface area (Å²) in [6, 6.07) is 10.1. The van der Waals surface area contributed by atoms with Gasteiger partial charge in [-0.2, -0.15) is 0 Å².